The number of imidazole rings is 1. The third kappa shape index (κ3) is 4.46. The van der Waals surface area contributed by atoms with Crippen LogP contribution in [-0.4, -0.2) is 40.3 Å². The molecule has 2 N–H and O–H groups in total. The van der Waals surface area contributed by atoms with Crippen LogP contribution in [-0.2, 0) is 11.3 Å². The summed E-state index contributed by atoms with van der Waals surface area (Å²) in [6, 6.07) is 14.0. The number of benzene rings is 2. The fourth-order valence-electron chi connectivity index (χ4n) is 4.03. The van der Waals surface area contributed by atoms with Crippen molar-refractivity contribution in [3.8, 4) is 11.4 Å². The van der Waals surface area contributed by atoms with Crippen molar-refractivity contribution in [2.45, 2.75) is 12.5 Å². The lowest BCUT2D eigenvalue weighted by atomic mass is 9.91. The Kier molecular flexibility index (Phi) is 6.40. The number of halogens is 2. The minimum atomic E-state index is 0.00963. The van der Waals surface area contributed by atoms with Crippen LogP contribution in [0.2, 0.25) is 5.15 Å². The van der Waals surface area contributed by atoms with Crippen molar-refractivity contribution in [2.24, 2.45) is 0 Å². The van der Waals surface area contributed by atoms with Gasteiger partial charge < -0.3 is 24.7 Å². The zero-order chi connectivity index (χ0) is 23.7. The maximum Gasteiger partial charge on any atom is 0.229 e. The zero-order valence-electron chi connectivity index (χ0n) is 18.5. The van der Waals surface area contributed by atoms with Crippen LogP contribution in [0.5, 0.6) is 5.75 Å². The maximum absolute atomic E-state index is 5.98. The van der Waals surface area contributed by atoms with Gasteiger partial charge >= 0.3 is 0 Å². The Morgan fingerprint density at radius 3 is 2.71 bits per heavy atom. The molecule has 0 saturated heterocycles. The van der Waals surface area contributed by atoms with Crippen molar-refractivity contribution in [3.05, 3.63) is 81.4 Å². The highest BCUT2D eigenvalue weighted by Gasteiger charge is 2.28. The van der Waals surface area contributed by atoms with E-state index in [4.69, 9.17) is 26.1 Å². The molecular formula is C24H22BrClN6O2. The number of anilines is 3. The Morgan fingerprint density at radius 1 is 1.18 bits per heavy atom. The van der Waals surface area contributed by atoms with Crippen LogP contribution in [0.4, 0.5) is 17.5 Å². The second-order valence-corrected chi connectivity index (χ2v) is 9.05. The Labute approximate surface area is 210 Å². The van der Waals surface area contributed by atoms with Gasteiger partial charge in [0, 0.05) is 35.0 Å². The Morgan fingerprint density at radius 2 is 2.00 bits per heavy atom. The van der Waals surface area contributed by atoms with E-state index in [0.29, 0.717) is 30.1 Å². The van der Waals surface area contributed by atoms with E-state index in [1.54, 1.807) is 19.6 Å². The molecule has 174 valence electrons. The smallest absolute Gasteiger partial charge is 0.229 e. The molecule has 0 spiro atoms. The SMILES string of the molecule is CNc1nc(Nc2ccc(-n3cnc(Cl)c3)c(OC)c2)nc2c1COCC2c1ccc(Br)cc1. The van der Waals surface area contributed by atoms with Gasteiger partial charge in [0.1, 0.15) is 23.0 Å². The molecule has 0 bridgehead atoms. The van der Waals surface area contributed by atoms with Crippen molar-refractivity contribution in [3.63, 3.8) is 0 Å². The standard InChI is InChI=1S/C24H22BrClN6O2/c1-27-23-18-12-34-11-17(14-3-5-15(25)6-4-14)22(18)30-24(31-23)29-16-7-8-19(20(9-16)33-2)32-10-21(26)28-13-32/h3-10,13,17H,11-12H2,1-2H3,(H2,27,29,30,31). The molecule has 1 aliphatic rings. The van der Waals surface area contributed by atoms with Gasteiger partial charge in [-0.05, 0) is 29.8 Å². The molecule has 10 heteroatoms. The van der Waals surface area contributed by atoms with E-state index >= 15 is 0 Å². The molecule has 34 heavy (non-hydrogen) atoms. The number of ether oxygens (including phenoxy) is 2. The van der Waals surface area contributed by atoms with E-state index in [2.05, 4.69) is 48.7 Å². The molecule has 0 radical (unpaired) electrons. The zero-order valence-corrected chi connectivity index (χ0v) is 20.9. The number of nitrogens with one attached hydrogen (secondary N) is 2. The molecule has 4 aromatic rings. The highest BCUT2D eigenvalue weighted by atomic mass is 79.9. The van der Waals surface area contributed by atoms with Crippen molar-refractivity contribution in [2.75, 3.05) is 31.4 Å². The van der Waals surface area contributed by atoms with E-state index in [9.17, 15) is 0 Å². The van der Waals surface area contributed by atoms with Gasteiger partial charge in [-0.15, -0.1) is 0 Å². The first-order valence-corrected chi connectivity index (χ1v) is 11.8. The number of aromatic nitrogens is 4. The van der Waals surface area contributed by atoms with Gasteiger partial charge in [-0.3, -0.25) is 0 Å². The number of hydrogen-bond acceptors (Lipinski definition) is 7. The first-order chi connectivity index (χ1) is 16.6. The van der Waals surface area contributed by atoms with Crippen molar-refractivity contribution in [1.29, 1.82) is 0 Å². The van der Waals surface area contributed by atoms with E-state index in [0.717, 1.165) is 38.5 Å². The predicted octanol–water partition coefficient (Wildman–Crippen LogP) is 5.53. The molecule has 1 aliphatic heterocycles. The van der Waals surface area contributed by atoms with Crippen LogP contribution >= 0.6 is 27.5 Å². The third-order valence-electron chi connectivity index (χ3n) is 5.67. The van der Waals surface area contributed by atoms with Gasteiger partial charge in [0.2, 0.25) is 5.95 Å². The van der Waals surface area contributed by atoms with Gasteiger partial charge in [-0.2, -0.15) is 4.98 Å². The molecule has 0 fully saturated rings. The Hall–Kier alpha value is -3.14. The summed E-state index contributed by atoms with van der Waals surface area (Å²) in [5.41, 5.74) is 4.67. The molecule has 0 aliphatic carbocycles. The van der Waals surface area contributed by atoms with Crippen LogP contribution < -0.4 is 15.4 Å². The number of hydrogen-bond donors (Lipinski definition) is 2. The molecule has 2 aromatic heterocycles. The molecule has 1 unspecified atom stereocenters. The molecule has 1 atom stereocenters. The van der Waals surface area contributed by atoms with Crippen molar-refractivity contribution in [1.82, 2.24) is 19.5 Å². The highest BCUT2D eigenvalue weighted by Crippen LogP contribution is 2.36. The van der Waals surface area contributed by atoms with Crippen LogP contribution in [0.15, 0.2) is 59.5 Å². The molecular weight excluding hydrogens is 520 g/mol. The van der Waals surface area contributed by atoms with E-state index in [1.165, 1.54) is 0 Å². The van der Waals surface area contributed by atoms with E-state index in [1.807, 2.05) is 41.9 Å². The quantitative estimate of drug-likeness (QED) is 0.332. The first kappa shape index (κ1) is 22.6. The second-order valence-electron chi connectivity index (χ2n) is 7.74. The Balaban J connectivity index is 1.50. The molecule has 2 aromatic carbocycles. The minimum absolute atomic E-state index is 0.00963. The maximum atomic E-state index is 5.98. The second kappa shape index (κ2) is 9.61. The summed E-state index contributed by atoms with van der Waals surface area (Å²) >= 11 is 9.48. The lowest BCUT2D eigenvalue weighted by Gasteiger charge is -2.27. The molecule has 0 amide bonds. The minimum Gasteiger partial charge on any atom is -0.494 e. The monoisotopic (exact) mass is 540 g/mol. The summed E-state index contributed by atoms with van der Waals surface area (Å²) in [4.78, 5) is 13.7. The van der Waals surface area contributed by atoms with Crippen LogP contribution in [0.3, 0.4) is 0 Å². The topological polar surface area (TPSA) is 86.1 Å². The summed E-state index contributed by atoms with van der Waals surface area (Å²) < 4.78 is 14.3. The van der Waals surface area contributed by atoms with Crippen LogP contribution in [0, 0.1) is 0 Å². The fraction of sp³-hybridized carbons (Fsp3) is 0.208. The van der Waals surface area contributed by atoms with Gasteiger partial charge in [-0.25, -0.2) is 9.97 Å². The number of methoxy groups -OCH3 is 1. The highest BCUT2D eigenvalue weighted by molar-refractivity contribution is 9.10. The summed E-state index contributed by atoms with van der Waals surface area (Å²) in [5, 5.41) is 6.93. The average molecular weight is 542 g/mol. The van der Waals surface area contributed by atoms with Crippen LogP contribution in [0.25, 0.3) is 5.69 Å². The summed E-state index contributed by atoms with van der Waals surface area (Å²) in [5.74, 6) is 1.90. The number of nitrogens with zero attached hydrogens (tertiary/aromatic N) is 4. The lowest BCUT2D eigenvalue weighted by molar-refractivity contribution is 0.0979. The van der Waals surface area contributed by atoms with Gasteiger partial charge in [0.25, 0.3) is 0 Å². The summed E-state index contributed by atoms with van der Waals surface area (Å²) in [6.07, 6.45) is 3.37. The van der Waals surface area contributed by atoms with E-state index in [-0.39, 0.29) is 5.92 Å². The summed E-state index contributed by atoms with van der Waals surface area (Å²) in [7, 11) is 3.47. The molecule has 5 rings (SSSR count). The normalized spacial score (nSPS) is 15.0. The van der Waals surface area contributed by atoms with Crippen molar-refractivity contribution >= 4 is 45.0 Å². The lowest BCUT2D eigenvalue weighted by Crippen LogP contribution is -2.22. The average Bonchev–Trinajstić information content (AvgIpc) is 3.29. The molecule has 3 heterocycles. The third-order valence-corrected chi connectivity index (χ3v) is 6.40. The van der Waals surface area contributed by atoms with Gasteiger partial charge in [0.15, 0.2) is 0 Å². The largest absolute Gasteiger partial charge is 0.494 e. The Bertz CT molecular complexity index is 1330. The first-order valence-electron chi connectivity index (χ1n) is 10.6. The fourth-order valence-corrected chi connectivity index (χ4v) is 4.44. The molecule has 0 saturated carbocycles. The number of rotatable bonds is 6. The van der Waals surface area contributed by atoms with Gasteiger partial charge in [-0.1, -0.05) is 39.7 Å². The summed E-state index contributed by atoms with van der Waals surface area (Å²) in [6.45, 7) is 1.03. The van der Waals surface area contributed by atoms with Crippen LogP contribution in [0.1, 0.15) is 22.7 Å². The van der Waals surface area contributed by atoms with E-state index < -0.39 is 0 Å². The van der Waals surface area contributed by atoms with Crippen molar-refractivity contribution < 1.29 is 9.47 Å². The van der Waals surface area contributed by atoms with Gasteiger partial charge in [0.05, 0.1) is 37.6 Å². The molecule has 8 nitrogen and oxygen atoms in total. The predicted molar refractivity (Wildman–Crippen MR) is 136 cm³/mol. The number of fused-ring (bicyclic) bond motifs is 1.